The van der Waals surface area contributed by atoms with Crippen LogP contribution in [0.1, 0.15) is 33.9 Å². The number of aromatic nitrogens is 1. The van der Waals surface area contributed by atoms with E-state index in [1.54, 1.807) is 12.1 Å². The molecule has 0 aliphatic carbocycles. The number of benzene rings is 4. The summed E-state index contributed by atoms with van der Waals surface area (Å²) in [6.45, 7) is 0. The molecule has 1 amide bonds. The number of amides is 1. The van der Waals surface area contributed by atoms with Gasteiger partial charge in [0.1, 0.15) is 0 Å². The normalized spacial score (nSPS) is 15.1. The highest BCUT2D eigenvalue weighted by Gasteiger charge is 2.36. The van der Waals surface area contributed by atoms with Crippen LogP contribution < -0.4 is 5.56 Å². The molecule has 1 aliphatic rings. The van der Waals surface area contributed by atoms with E-state index in [0.29, 0.717) is 23.3 Å². The van der Waals surface area contributed by atoms with Crippen LogP contribution in [0.25, 0.3) is 22.0 Å². The average molecular weight is 627 g/mol. The number of hydrogen-bond acceptors (Lipinski definition) is 3. The lowest BCUT2D eigenvalue weighted by Crippen LogP contribution is -2.27. The number of fused-ring (bicyclic) bond motifs is 1. The van der Waals surface area contributed by atoms with Crippen LogP contribution in [0.15, 0.2) is 122 Å². The second-order valence-electron chi connectivity index (χ2n) is 9.10. The molecule has 0 spiro atoms. The highest BCUT2D eigenvalue weighted by atomic mass is 79.9. The van der Waals surface area contributed by atoms with Crippen LogP contribution in [0, 0.1) is 0 Å². The summed E-state index contributed by atoms with van der Waals surface area (Å²) < 4.78 is 1.82. The third-order valence-electron chi connectivity index (χ3n) is 6.70. The van der Waals surface area contributed by atoms with Crippen LogP contribution in [0.5, 0.6) is 0 Å². The van der Waals surface area contributed by atoms with E-state index in [1.165, 1.54) is 5.01 Å². The summed E-state index contributed by atoms with van der Waals surface area (Å²) in [5.74, 6) is -0.216. The first-order chi connectivity index (χ1) is 18.5. The van der Waals surface area contributed by atoms with Gasteiger partial charge in [0.05, 0.1) is 17.3 Å². The molecule has 2 heterocycles. The monoisotopic (exact) mass is 625 g/mol. The SMILES string of the molecule is O=C(c1ccccc1)N1N=C(c2c(-c3ccccc3)c3cc(Br)ccc3[nH]c2=O)CC1c1cccc(Br)c1. The second kappa shape index (κ2) is 10.2. The maximum Gasteiger partial charge on any atom is 0.274 e. The van der Waals surface area contributed by atoms with Crippen LogP contribution in [0.4, 0.5) is 0 Å². The summed E-state index contributed by atoms with van der Waals surface area (Å²) in [6, 6.07) is 32.3. The van der Waals surface area contributed by atoms with Gasteiger partial charge in [0.2, 0.25) is 0 Å². The molecule has 0 saturated heterocycles. The first-order valence-electron chi connectivity index (χ1n) is 12.1. The van der Waals surface area contributed by atoms with Crippen molar-refractivity contribution in [3.8, 4) is 11.1 Å². The number of pyridine rings is 1. The zero-order valence-electron chi connectivity index (χ0n) is 20.1. The number of hydrazone groups is 1. The van der Waals surface area contributed by atoms with Gasteiger partial charge in [-0.2, -0.15) is 5.10 Å². The Morgan fingerprint density at radius 1 is 0.816 bits per heavy atom. The summed E-state index contributed by atoms with van der Waals surface area (Å²) in [5, 5.41) is 7.27. The van der Waals surface area contributed by atoms with E-state index in [4.69, 9.17) is 5.10 Å². The highest BCUT2D eigenvalue weighted by molar-refractivity contribution is 9.10. The van der Waals surface area contributed by atoms with E-state index >= 15 is 0 Å². The van der Waals surface area contributed by atoms with E-state index < -0.39 is 0 Å². The average Bonchev–Trinajstić information content (AvgIpc) is 3.38. The molecular weight excluding hydrogens is 606 g/mol. The van der Waals surface area contributed by atoms with Gasteiger partial charge in [0, 0.05) is 37.4 Å². The molecule has 7 heteroatoms. The molecule has 1 aromatic heterocycles. The van der Waals surface area contributed by atoms with E-state index in [1.807, 2.05) is 91.0 Å². The van der Waals surface area contributed by atoms with Gasteiger partial charge in [-0.05, 0) is 53.6 Å². The van der Waals surface area contributed by atoms with Crippen LogP contribution >= 0.6 is 31.9 Å². The Bertz CT molecular complexity index is 1770. The summed E-state index contributed by atoms with van der Waals surface area (Å²) in [6.07, 6.45) is 0.400. The van der Waals surface area contributed by atoms with E-state index in [2.05, 4.69) is 36.8 Å². The molecule has 1 N–H and O–H groups in total. The molecule has 1 atom stereocenters. The number of carbonyl (C=O) groups is 1. The Kier molecular flexibility index (Phi) is 6.55. The Morgan fingerprint density at radius 2 is 1.53 bits per heavy atom. The zero-order valence-corrected chi connectivity index (χ0v) is 23.2. The smallest absolute Gasteiger partial charge is 0.274 e. The van der Waals surface area contributed by atoms with Gasteiger partial charge in [0.15, 0.2) is 0 Å². The van der Waals surface area contributed by atoms with Gasteiger partial charge >= 0.3 is 0 Å². The van der Waals surface area contributed by atoms with Gasteiger partial charge in [-0.1, -0.05) is 92.5 Å². The molecule has 0 radical (unpaired) electrons. The van der Waals surface area contributed by atoms with Gasteiger partial charge in [-0.3, -0.25) is 9.59 Å². The number of rotatable bonds is 4. The summed E-state index contributed by atoms with van der Waals surface area (Å²) in [5.41, 5.74) is 4.73. The molecule has 0 saturated carbocycles. The van der Waals surface area contributed by atoms with Crippen LogP contribution in [0.3, 0.4) is 0 Å². The summed E-state index contributed by atoms with van der Waals surface area (Å²) in [7, 11) is 0. The Balaban J connectivity index is 1.58. The van der Waals surface area contributed by atoms with Crippen molar-refractivity contribution in [2.75, 3.05) is 0 Å². The van der Waals surface area contributed by atoms with Crippen molar-refractivity contribution in [3.63, 3.8) is 0 Å². The Morgan fingerprint density at radius 3 is 2.26 bits per heavy atom. The maximum absolute atomic E-state index is 13.7. The van der Waals surface area contributed by atoms with Gasteiger partial charge < -0.3 is 4.98 Å². The standard InChI is InChI=1S/C31H21Br2N3O2/c32-22-13-7-12-21(16-22)27-18-26(35-36(27)31(38)20-10-5-2-6-11-20)29-28(19-8-3-1-4-9-19)24-17-23(33)14-15-25(24)34-30(29)37/h1-17,27H,18H2,(H,34,37). The lowest BCUT2D eigenvalue weighted by molar-refractivity contribution is 0.0711. The second-order valence-corrected chi connectivity index (χ2v) is 10.9. The van der Waals surface area contributed by atoms with Gasteiger partial charge in [-0.25, -0.2) is 5.01 Å². The summed E-state index contributed by atoms with van der Waals surface area (Å²) >= 11 is 7.15. The lowest BCUT2D eigenvalue weighted by atomic mass is 9.91. The largest absolute Gasteiger partial charge is 0.321 e. The molecule has 5 aromatic rings. The Hall–Kier alpha value is -3.81. The maximum atomic E-state index is 13.7. The van der Waals surface area contributed by atoms with Crippen LogP contribution in [-0.4, -0.2) is 21.6 Å². The molecule has 4 aromatic carbocycles. The quantitative estimate of drug-likeness (QED) is 0.222. The molecule has 38 heavy (non-hydrogen) atoms. The number of H-pyrrole nitrogens is 1. The molecule has 0 fully saturated rings. The minimum atomic E-state index is -0.364. The third kappa shape index (κ3) is 4.52. The predicted octanol–water partition coefficient (Wildman–Crippen LogP) is 7.71. The fourth-order valence-corrected chi connectivity index (χ4v) is 5.76. The van der Waals surface area contributed by atoms with Gasteiger partial charge in [-0.15, -0.1) is 0 Å². The molecule has 6 rings (SSSR count). The van der Waals surface area contributed by atoms with Crippen molar-refractivity contribution in [1.29, 1.82) is 0 Å². The number of halogens is 2. The van der Waals surface area contributed by atoms with Gasteiger partial charge in [0.25, 0.3) is 11.5 Å². The molecule has 186 valence electrons. The van der Waals surface area contributed by atoms with E-state index in [-0.39, 0.29) is 17.5 Å². The van der Waals surface area contributed by atoms with Crippen molar-refractivity contribution < 1.29 is 4.79 Å². The van der Waals surface area contributed by atoms with E-state index in [9.17, 15) is 9.59 Å². The van der Waals surface area contributed by atoms with Crippen molar-refractivity contribution in [3.05, 3.63) is 139 Å². The Labute approximate surface area is 236 Å². The first-order valence-corrected chi connectivity index (χ1v) is 13.7. The molecule has 1 aliphatic heterocycles. The molecular formula is C31H21Br2N3O2. The molecule has 1 unspecified atom stereocenters. The van der Waals surface area contributed by atoms with Crippen LogP contribution in [-0.2, 0) is 0 Å². The molecule has 0 bridgehead atoms. The van der Waals surface area contributed by atoms with Crippen LogP contribution in [0.2, 0.25) is 0 Å². The van der Waals surface area contributed by atoms with E-state index in [0.717, 1.165) is 36.5 Å². The predicted molar refractivity (Wildman–Crippen MR) is 158 cm³/mol. The summed E-state index contributed by atoms with van der Waals surface area (Å²) in [4.78, 5) is 30.4. The van der Waals surface area contributed by atoms with Crippen molar-refractivity contribution in [1.82, 2.24) is 9.99 Å². The minimum absolute atomic E-state index is 0.216. The number of aromatic amines is 1. The first kappa shape index (κ1) is 24.5. The minimum Gasteiger partial charge on any atom is -0.321 e. The fourth-order valence-electron chi connectivity index (χ4n) is 4.98. The lowest BCUT2D eigenvalue weighted by Gasteiger charge is -2.22. The number of carbonyl (C=O) groups excluding carboxylic acids is 1. The molecule has 5 nitrogen and oxygen atoms in total. The zero-order chi connectivity index (χ0) is 26.2. The number of nitrogens with zero attached hydrogens (tertiary/aromatic N) is 2. The van der Waals surface area contributed by atoms with Crippen molar-refractivity contribution in [2.24, 2.45) is 5.10 Å². The number of hydrogen-bond donors (Lipinski definition) is 1. The third-order valence-corrected chi connectivity index (χ3v) is 7.69. The van der Waals surface area contributed by atoms with Crippen molar-refractivity contribution >= 4 is 54.4 Å². The topological polar surface area (TPSA) is 65.5 Å². The fraction of sp³-hybridized carbons (Fsp3) is 0.0645. The van der Waals surface area contributed by atoms with Crippen molar-refractivity contribution in [2.45, 2.75) is 12.5 Å². The highest BCUT2D eigenvalue weighted by Crippen LogP contribution is 2.38. The number of nitrogens with one attached hydrogen (secondary N) is 1.